The van der Waals surface area contributed by atoms with Gasteiger partial charge in [-0.2, -0.15) is 13.2 Å². The van der Waals surface area contributed by atoms with Crippen molar-refractivity contribution in [3.05, 3.63) is 47.8 Å². The van der Waals surface area contributed by atoms with Crippen molar-refractivity contribution in [3.8, 4) is 11.5 Å². The molecule has 1 saturated heterocycles. The summed E-state index contributed by atoms with van der Waals surface area (Å²) in [7, 11) is 0. The molecule has 2 aromatic heterocycles. The van der Waals surface area contributed by atoms with Crippen molar-refractivity contribution in [3.63, 3.8) is 0 Å². The SMILES string of the molecule is C[C@@H]1CN(CCCNC(=O)Nc2cc(F)c(Oc3ccnc4[nH]cc(C(F)(F)F)c34)c(F)c2)C[C@@H](C)O1. The van der Waals surface area contributed by atoms with Crippen LogP contribution in [0.3, 0.4) is 0 Å². The van der Waals surface area contributed by atoms with Gasteiger partial charge in [-0.05, 0) is 26.3 Å². The van der Waals surface area contributed by atoms with E-state index >= 15 is 0 Å². The zero-order valence-corrected chi connectivity index (χ0v) is 20.1. The first-order chi connectivity index (χ1) is 17.5. The van der Waals surface area contributed by atoms with Crippen LogP contribution in [0.4, 0.5) is 32.4 Å². The summed E-state index contributed by atoms with van der Waals surface area (Å²) in [6, 6.07) is 2.04. The molecule has 4 rings (SSSR count). The number of ether oxygens (including phenoxy) is 2. The normalized spacial score (nSPS) is 18.7. The molecule has 13 heteroatoms. The molecule has 1 fully saturated rings. The third-order valence-electron chi connectivity index (χ3n) is 5.74. The molecule has 8 nitrogen and oxygen atoms in total. The number of aromatic amines is 1. The molecule has 1 aromatic carbocycles. The second-order valence-corrected chi connectivity index (χ2v) is 8.86. The standard InChI is InChI=1S/C24H26F5N5O3/c1-13-11-34(12-14(2)36-13)7-3-5-31-23(35)33-15-8-17(25)21(18(26)9-15)37-19-4-6-30-22-20(19)16(10-32-22)24(27,28)29/h4,6,8-10,13-14H,3,5,7,11-12H2,1-2H3,(H,30,32)(H2,31,33,35)/t13-,14-/m1/s1. The Hall–Kier alpha value is -3.45. The summed E-state index contributed by atoms with van der Waals surface area (Å²) in [5, 5.41) is 4.50. The number of amides is 2. The number of H-pyrrole nitrogens is 1. The van der Waals surface area contributed by atoms with Crippen molar-refractivity contribution in [2.45, 2.75) is 38.7 Å². The van der Waals surface area contributed by atoms with Crippen molar-refractivity contribution in [2.75, 3.05) is 31.5 Å². The summed E-state index contributed by atoms with van der Waals surface area (Å²) >= 11 is 0. The molecule has 37 heavy (non-hydrogen) atoms. The zero-order chi connectivity index (χ0) is 26.7. The number of benzene rings is 1. The molecule has 0 aliphatic carbocycles. The van der Waals surface area contributed by atoms with Crippen molar-refractivity contribution in [1.82, 2.24) is 20.2 Å². The lowest BCUT2D eigenvalue weighted by Crippen LogP contribution is -2.46. The number of nitrogens with zero attached hydrogens (tertiary/aromatic N) is 2. The molecule has 0 radical (unpaired) electrons. The number of alkyl halides is 3. The Balaban J connectivity index is 1.37. The second-order valence-electron chi connectivity index (χ2n) is 8.86. The molecule has 0 unspecified atom stereocenters. The van der Waals surface area contributed by atoms with Gasteiger partial charge in [0.25, 0.3) is 0 Å². The van der Waals surface area contributed by atoms with E-state index in [0.29, 0.717) is 19.2 Å². The average Bonchev–Trinajstić information content (AvgIpc) is 3.24. The van der Waals surface area contributed by atoms with Crippen molar-refractivity contribution in [1.29, 1.82) is 0 Å². The minimum absolute atomic E-state index is 0.135. The van der Waals surface area contributed by atoms with Gasteiger partial charge in [0.1, 0.15) is 11.4 Å². The van der Waals surface area contributed by atoms with E-state index in [0.717, 1.165) is 44.0 Å². The van der Waals surface area contributed by atoms with Crippen LogP contribution in [-0.2, 0) is 10.9 Å². The first-order valence-corrected chi connectivity index (χ1v) is 11.6. The van der Waals surface area contributed by atoms with Crippen LogP contribution >= 0.6 is 0 Å². The summed E-state index contributed by atoms with van der Waals surface area (Å²) in [6.07, 6.45) is -1.96. The van der Waals surface area contributed by atoms with Crippen molar-refractivity contribution >= 4 is 22.8 Å². The maximum absolute atomic E-state index is 14.7. The van der Waals surface area contributed by atoms with E-state index in [-0.39, 0.29) is 23.5 Å². The lowest BCUT2D eigenvalue weighted by Gasteiger charge is -2.35. The van der Waals surface area contributed by atoms with Crippen LogP contribution in [0.15, 0.2) is 30.6 Å². The first kappa shape index (κ1) is 26.6. The fraction of sp³-hybridized carbons (Fsp3) is 0.417. The van der Waals surface area contributed by atoms with E-state index < -0.39 is 46.3 Å². The molecule has 3 aromatic rings. The van der Waals surface area contributed by atoms with Gasteiger partial charge in [0, 0.05) is 56.4 Å². The maximum atomic E-state index is 14.7. The molecule has 200 valence electrons. The summed E-state index contributed by atoms with van der Waals surface area (Å²) in [4.78, 5) is 20.6. The number of fused-ring (bicyclic) bond motifs is 1. The Labute approximate surface area is 209 Å². The van der Waals surface area contributed by atoms with Crippen LogP contribution < -0.4 is 15.4 Å². The summed E-state index contributed by atoms with van der Waals surface area (Å²) in [5.41, 5.74) is -1.43. The number of aromatic nitrogens is 2. The van der Waals surface area contributed by atoms with E-state index in [4.69, 9.17) is 9.47 Å². The molecule has 0 saturated carbocycles. The molecular weight excluding hydrogens is 501 g/mol. The van der Waals surface area contributed by atoms with Crippen LogP contribution in [0.5, 0.6) is 11.5 Å². The fourth-order valence-electron chi connectivity index (χ4n) is 4.32. The molecule has 2 atom stereocenters. The second kappa shape index (κ2) is 10.9. The monoisotopic (exact) mass is 527 g/mol. The molecule has 0 spiro atoms. The molecule has 1 aliphatic rings. The van der Waals surface area contributed by atoms with Crippen molar-refractivity contribution < 1.29 is 36.2 Å². The van der Waals surface area contributed by atoms with E-state index in [1.54, 1.807) is 0 Å². The molecule has 1 aliphatic heterocycles. The Morgan fingerprint density at radius 3 is 2.54 bits per heavy atom. The predicted octanol–water partition coefficient (Wildman–Crippen LogP) is 5.27. The third-order valence-corrected chi connectivity index (χ3v) is 5.74. The number of hydrogen-bond donors (Lipinski definition) is 3. The van der Waals surface area contributed by atoms with Gasteiger partial charge in [0.15, 0.2) is 17.4 Å². The number of urea groups is 1. The fourth-order valence-corrected chi connectivity index (χ4v) is 4.32. The van der Waals surface area contributed by atoms with Crippen molar-refractivity contribution in [2.24, 2.45) is 0 Å². The number of morpholine rings is 1. The number of rotatable bonds is 7. The summed E-state index contributed by atoms with van der Waals surface area (Å²) < 4.78 is 80.3. The zero-order valence-electron chi connectivity index (χ0n) is 20.1. The smallest absolute Gasteiger partial charge is 0.418 e. The van der Waals surface area contributed by atoms with Gasteiger partial charge in [-0.3, -0.25) is 4.90 Å². The first-order valence-electron chi connectivity index (χ1n) is 11.6. The Morgan fingerprint density at radius 2 is 1.89 bits per heavy atom. The van der Waals surface area contributed by atoms with E-state index in [2.05, 4.69) is 25.5 Å². The Morgan fingerprint density at radius 1 is 1.22 bits per heavy atom. The molecule has 3 heterocycles. The van der Waals surface area contributed by atoms with Gasteiger partial charge in [-0.1, -0.05) is 0 Å². The Bertz CT molecular complexity index is 1230. The van der Waals surface area contributed by atoms with Gasteiger partial charge in [-0.25, -0.2) is 18.6 Å². The highest BCUT2D eigenvalue weighted by Gasteiger charge is 2.35. The number of halogens is 5. The lowest BCUT2D eigenvalue weighted by atomic mass is 10.2. The predicted molar refractivity (Wildman–Crippen MR) is 126 cm³/mol. The van der Waals surface area contributed by atoms with Crippen LogP contribution in [0, 0.1) is 11.6 Å². The van der Waals surface area contributed by atoms with E-state index in [1.165, 1.54) is 0 Å². The number of carbonyl (C=O) groups excluding carboxylic acids is 1. The highest BCUT2D eigenvalue weighted by molar-refractivity contribution is 5.89. The topological polar surface area (TPSA) is 91.5 Å². The van der Waals surface area contributed by atoms with Crippen LogP contribution in [-0.4, -0.2) is 59.3 Å². The number of hydrogen-bond acceptors (Lipinski definition) is 5. The van der Waals surface area contributed by atoms with Crippen LogP contribution in [0.2, 0.25) is 0 Å². The van der Waals surface area contributed by atoms with E-state index in [9.17, 15) is 26.7 Å². The highest BCUT2D eigenvalue weighted by atomic mass is 19.4. The van der Waals surface area contributed by atoms with Crippen LogP contribution in [0.25, 0.3) is 11.0 Å². The minimum Gasteiger partial charge on any atom is -0.450 e. The number of anilines is 1. The van der Waals surface area contributed by atoms with Gasteiger partial charge in [0.05, 0.1) is 23.2 Å². The lowest BCUT2D eigenvalue weighted by molar-refractivity contribution is -0.136. The van der Waals surface area contributed by atoms with E-state index in [1.807, 2.05) is 13.8 Å². The number of carbonyl (C=O) groups is 1. The molecule has 3 N–H and O–H groups in total. The number of nitrogens with one attached hydrogen (secondary N) is 3. The molecule has 2 amide bonds. The largest absolute Gasteiger partial charge is 0.450 e. The van der Waals surface area contributed by atoms with Crippen LogP contribution in [0.1, 0.15) is 25.8 Å². The van der Waals surface area contributed by atoms with Gasteiger partial charge in [-0.15, -0.1) is 0 Å². The number of pyridine rings is 1. The quantitative estimate of drug-likeness (QED) is 0.288. The molecule has 0 bridgehead atoms. The minimum atomic E-state index is -4.74. The summed E-state index contributed by atoms with van der Waals surface area (Å²) in [6.45, 7) is 6.70. The highest BCUT2D eigenvalue weighted by Crippen LogP contribution is 2.40. The average molecular weight is 527 g/mol. The summed E-state index contributed by atoms with van der Waals surface area (Å²) in [5.74, 6) is -3.76. The van der Waals surface area contributed by atoms with Gasteiger partial charge >= 0.3 is 12.2 Å². The maximum Gasteiger partial charge on any atom is 0.418 e. The van der Waals surface area contributed by atoms with Gasteiger partial charge < -0.3 is 25.1 Å². The third kappa shape index (κ3) is 6.46. The van der Waals surface area contributed by atoms with Gasteiger partial charge in [0.2, 0.25) is 0 Å². The molecular formula is C24H26F5N5O3. The Kier molecular flexibility index (Phi) is 7.83.